The van der Waals surface area contributed by atoms with Crippen LogP contribution in [-0.4, -0.2) is 17.8 Å². The fourth-order valence-electron chi connectivity index (χ4n) is 3.14. The second-order valence-electron chi connectivity index (χ2n) is 7.40. The van der Waals surface area contributed by atoms with Gasteiger partial charge in [0.15, 0.2) is 0 Å². The largest absolute Gasteiger partial charge is 0.457 e. The highest BCUT2D eigenvalue weighted by molar-refractivity contribution is 5.95. The van der Waals surface area contributed by atoms with E-state index in [1.54, 1.807) is 36.4 Å². The van der Waals surface area contributed by atoms with Crippen LogP contribution >= 0.6 is 0 Å². The minimum absolute atomic E-state index is 0.00762. The van der Waals surface area contributed by atoms with Gasteiger partial charge in [0.05, 0.1) is 5.56 Å². The van der Waals surface area contributed by atoms with Gasteiger partial charge in [0.1, 0.15) is 12.2 Å². The Bertz CT molecular complexity index is 1230. The first-order valence-electron chi connectivity index (χ1n) is 9.81. The van der Waals surface area contributed by atoms with Gasteiger partial charge in [0.2, 0.25) is 11.8 Å². The molecular weight excluding hydrogens is 400 g/mol. The lowest BCUT2D eigenvalue weighted by molar-refractivity contribution is -0.117. The summed E-state index contributed by atoms with van der Waals surface area (Å²) in [6.07, 6.45) is 1.83. The Morgan fingerprint density at radius 2 is 1.71 bits per heavy atom. The van der Waals surface area contributed by atoms with Crippen LogP contribution in [0.5, 0.6) is 0 Å². The average molecular weight is 420 g/mol. The molecule has 1 aliphatic carbocycles. The smallest absolute Gasteiger partial charge is 0.338 e. The summed E-state index contributed by atoms with van der Waals surface area (Å²) in [6.45, 7) is 1.25. The Morgan fingerprint density at radius 3 is 2.39 bits per heavy atom. The normalized spacial score (nSPS) is 12.9. The van der Waals surface area contributed by atoms with E-state index >= 15 is 0 Å². The number of nitrogens with one attached hydrogen (secondary N) is 2. The molecule has 0 saturated heterocycles. The molecule has 0 spiro atoms. The van der Waals surface area contributed by atoms with Crippen LogP contribution < -0.4 is 16.3 Å². The number of esters is 1. The lowest BCUT2D eigenvalue weighted by Crippen LogP contribution is -2.13. The van der Waals surface area contributed by atoms with Gasteiger partial charge in [-0.05, 0) is 49.2 Å². The molecule has 4 rings (SSSR count). The van der Waals surface area contributed by atoms with Crippen LogP contribution in [0.25, 0.3) is 11.0 Å². The molecule has 1 aromatic heterocycles. The number of carbonyl (C=O) groups excluding carboxylic acids is 3. The van der Waals surface area contributed by atoms with Crippen LogP contribution in [-0.2, 0) is 20.9 Å². The predicted octanol–water partition coefficient (Wildman–Crippen LogP) is 3.46. The van der Waals surface area contributed by atoms with E-state index in [0.29, 0.717) is 27.9 Å². The summed E-state index contributed by atoms with van der Waals surface area (Å²) >= 11 is 0. The number of anilines is 2. The lowest BCUT2D eigenvalue weighted by Gasteiger charge is -2.09. The standard InChI is InChI=1S/C23H20N2O6/c1-13(26)24-18-8-9-19-16(10-21(27)31-20(19)11-18)12-30-23(29)15-4-6-17(7-5-15)25-22(28)14-2-3-14/h4-11,14H,2-3,12H2,1H3,(H,24,26)(H,25,28). The molecule has 1 heterocycles. The van der Waals surface area contributed by atoms with Crippen molar-refractivity contribution in [2.75, 3.05) is 10.6 Å². The van der Waals surface area contributed by atoms with Crippen LogP contribution in [0.1, 0.15) is 35.7 Å². The molecule has 0 aliphatic heterocycles. The molecule has 3 aromatic rings. The van der Waals surface area contributed by atoms with Crippen molar-refractivity contribution in [3.05, 3.63) is 70.1 Å². The Kier molecular flexibility index (Phi) is 5.53. The monoisotopic (exact) mass is 420 g/mol. The van der Waals surface area contributed by atoms with Crippen molar-refractivity contribution >= 4 is 40.1 Å². The van der Waals surface area contributed by atoms with Gasteiger partial charge in [-0.2, -0.15) is 0 Å². The summed E-state index contributed by atoms with van der Waals surface area (Å²) in [5.74, 6) is -0.717. The highest BCUT2D eigenvalue weighted by atomic mass is 16.5. The predicted molar refractivity (Wildman–Crippen MR) is 114 cm³/mol. The average Bonchev–Trinajstić information content (AvgIpc) is 3.57. The zero-order valence-corrected chi connectivity index (χ0v) is 16.8. The van der Waals surface area contributed by atoms with E-state index in [9.17, 15) is 19.2 Å². The van der Waals surface area contributed by atoms with Gasteiger partial charge >= 0.3 is 11.6 Å². The third kappa shape index (κ3) is 4.98. The lowest BCUT2D eigenvalue weighted by atomic mass is 10.1. The molecule has 2 aromatic carbocycles. The number of rotatable bonds is 6. The van der Waals surface area contributed by atoms with Gasteiger partial charge in [-0.15, -0.1) is 0 Å². The van der Waals surface area contributed by atoms with Crippen molar-refractivity contribution < 1.29 is 23.5 Å². The van der Waals surface area contributed by atoms with Crippen molar-refractivity contribution in [2.45, 2.75) is 26.4 Å². The second kappa shape index (κ2) is 8.43. The Morgan fingerprint density at radius 1 is 1.00 bits per heavy atom. The van der Waals surface area contributed by atoms with Crippen LogP contribution in [0.4, 0.5) is 11.4 Å². The van der Waals surface area contributed by atoms with Gasteiger partial charge in [-0.1, -0.05) is 0 Å². The molecule has 0 bridgehead atoms. The number of carbonyl (C=O) groups is 3. The maximum absolute atomic E-state index is 12.4. The first-order chi connectivity index (χ1) is 14.9. The maximum atomic E-state index is 12.4. The van der Waals surface area contributed by atoms with Gasteiger partial charge in [0, 0.05) is 47.3 Å². The summed E-state index contributed by atoms with van der Waals surface area (Å²) in [6, 6.07) is 12.6. The van der Waals surface area contributed by atoms with Crippen LogP contribution in [0.3, 0.4) is 0 Å². The number of fused-ring (bicyclic) bond motifs is 1. The third-order valence-electron chi connectivity index (χ3n) is 4.85. The van der Waals surface area contributed by atoms with E-state index in [2.05, 4.69) is 10.6 Å². The van der Waals surface area contributed by atoms with Crippen molar-refractivity contribution in [2.24, 2.45) is 5.92 Å². The Balaban J connectivity index is 1.45. The van der Waals surface area contributed by atoms with Crippen molar-refractivity contribution in [1.82, 2.24) is 0 Å². The van der Waals surface area contributed by atoms with Crippen molar-refractivity contribution in [3.8, 4) is 0 Å². The molecular formula is C23H20N2O6. The molecule has 1 saturated carbocycles. The summed E-state index contributed by atoms with van der Waals surface area (Å²) < 4.78 is 10.6. The van der Waals surface area contributed by atoms with Crippen molar-refractivity contribution in [3.63, 3.8) is 0 Å². The zero-order valence-electron chi connectivity index (χ0n) is 16.8. The zero-order chi connectivity index (χ0) is 22.0. The molecule has 2 amide bonds. The first-order valence-corrected chi connectivity index (χ1v) is 9.81. The fraction of sp³-hybridized carbons (Fsp3) is 0.217. The maximum Gasteiger partial charge on any atom is 0.338 e. The summed E-state index contributed by atoms with van der Waals surface area (Å²) in [5, 5.41) is 6.03. The topological polar surface area (TPSA) is 115 Å². The van der Waals surface area contributed by atoms with Crippen LogP contribution in [0.2, 0.25) is 0 Å². The molecule has 1 aliphatic rings. The quantitative estimate of drug-likeness (QED) is 0.466. The fourth-order valence-corrected chi connectivity index (χ4v) is 3.14. The number of ether oxygens (including phenoxy) is 1. The Hall–Kier alpha value is -3.94. The highest BCUT2D eigenvalue weighted by Gasteiger charge is 2.29. The van der Waals surface area contributed by atoms with E-state index in [1.165, 1.54) is 19.1 Å². The van der Waals surface area contributed by atoms with E-state index in [0.717, 1.165) is 12.8 Å². The van der Waals surface area contributed by atoms with E-state index in [4.69, 9.17) is 9.15 Å². The molecule has 158 valence electrons. The SMILES string of the molecule is CC(=O)Nc1ccc2c(COC(=O)c3ccc(NC(=O)C4CC4)cc3)cc(=O)oc2c1. The third-order valence-corrected chi connectivity index (χ3v) is 4.85. The van der Waals surface area contributed by atoms with Gasteiger partial charge in [0.25, 0.3) is 0 Å². The van der Waals surface area contributed by atoms with E-state index in [-0.39, 0.29) is 29.9 Å². The molecule has 2 N–H and O–H groups in total. The molecule has 0 unspecified atom stereocenters. The van der Waals surface area contributed by atoms with Gasteiger partial charge < -0.3 is 19.8 Å². The number of benzene rings is 2. The minimum atomic E-state index is -0.589. The number of hydrogen-bond donors (Lipinski definition) is 2. The Labute approximate surface area is 177 Å². The molecule has 8 nitrogen and oxygen atoms in total. The highest BCUT2D eigenvalue weighted by Crippen LogP contribution is 2.30. The van der Waals surface area contributed by atoms with E-state index < -0.39 is 11.6 Å². The van der Waals surface area contributed by atoms with Gasteiger partial charge in [-0.3, -0.25) is 9.59 Å². The molecule has 0 radical (unpaired) electrons. The minimum Gasteiger partial charge on any atom is -0.457 e. The molecule has 0 atom stereocenters. The number of hydrogen-bond acceptors (Lipinski definition) is 6. The van der Waals surface area contributed by atoms with Crippen molar-refractivity contribution in [1.29, 1.82) is 0 Å². The van der Waals surface area contributed by atoms with Crippen LogP contribution in [0.15, 0.2) is 57.7 Å². The second-order valence-corrected chi connectivity index (χ2v) is 7.40. The number of amides is 2. The van der Waals surface area contributed by atoms with Crippen LogP contribution in [0, 0.1) is 5.92 Å². The molecule has 1 fully saturated rings. The summed E-state index contributed by atoms with van der Waals surface area (Å²) in [5.41, 5.74) is 1.61. The van der Waals surface area contributed by atoms with E-state index in [1.807, 2.05) is 0 Å². The molecule has 31 heavy (non-hydrogen) atoms. The first kappa shape index (κ1) is 20.3. The molecule has 8 heteroatoms. The summed E-state index contributed by atoms with van der Waals surface area (Å²) in [7, 11) is 0. The summed E-state index contributed by atoms with van der Waals surface area (Å²) in [4.78, 5) is 47.3. The van der Waals surface area contributed by atoms with Gasteiger partial charge in [-0.25, -0.2) is 9.59 Å².